The highest BCUT2D eigenvalue weighted by Gasteiger charge is 2.09. The van der Waals surface area contributed by atoms with Crippen LogP contribution in [-0.4, -0.2) is 26.0 Å². The number of nitrogens with one attached hydrogen (secondary N) is 1. The van der Waals surface area contributed by atoms with Crippen molar-refractivity contribution in [2.24, 2.45) is 0 Å². The third kappa shape index (κ3) is 4.04. The molecule has 106 valence electrons. The summed E-state index contributed by atoms with van der Waals surface area (Å²) in [4.78, 5) is 11.7. The van der Waals surface area contributed by atoms with Crippen molar-refractivity contribution < 1.29 is 9.90 Å². The first-order chi connectivity index (χ1) is 9.54. The van der Waals surface area contributed by atoms with Gasteiger partial charge in [-0.25, -0.2) is 4.68 Å². The standard InChI is InChI=1S/C13H15ClN4O2/c1-9(19)12-7-18(17-16-12)8-13(20)15-6-10-2-4-11(14)5-3-10/h2-5,7,9,19H,6,8H2,1H3,(H,15,20). The summed E-state index contributed by atoms with van der Waals surface area (Å²) in [6, 6.07) is 7.25. The predicted octanol–water partition coefficient (Wildman–Crippen LogP) is 1.30. The van der Waals surface area contributed by atoms with Crippen LogP contribution < -0.4 is 5.32 Å². The summed E-state index contributed by atoms with van der Waals surface area (Å²) < 4.78 is 1.39. The van der Waals surface area contributed by atoms with Crippen LogP contribution in [-0.2, 0) is 17.9 Å². The van der Waals surface area contributed by atoms with Crippen molar-refractivity contribution in [1.82, 2.24) is 20.3 Å². The van der Waals surface area contributed by atoms with E-state index in [0.29, 0.717) is 17.3 Å². The molecule has 0 aliphatic carbocycles. The molecule has 0 aliphatic rings. The van der Waals surface area contributed by atoms with E-state index in [4.69, 9.17) is 11.6 Å². The molecule has 0 aliphatic heterocycles. The molecule has 2 aromatic rings. The molecule has 7 heteroatoms. The van der Waals surface area contributed by atoms with Crippen molar-refractivity contribution in [2.75, 3.05) is 0 Å². The molecule has 0 saturated carbocycles. The molecule has 1 amide bonds. The molecule has 20 heavy (non-hydrogen) atoms. The van der Waals surface area contributed by atoms with E-state index >= 15 is 0 Å². The van der Waals surface area contributed by atoms with Gasteiger partial charge in [0.05, 0.1) is 12.3 Å². The van der Waals surface area contributed by atoms with Gasteiger partial charge in [0.15, 0.2) is 0 Å². The van der Waals surface area contributed by atoms with Crippen LogP contribution in [0.5, 0.6) is 0 Å². The van der Waals surface area contributed by atoms with Gasteiger partial charge < -0.3 is 10.4 Å². The second kappa shape index (κ2) is 6.49. The predicted molar refractivity (Wildman–Crippen MR) is 74.0 cm³/mol. The summed E-state index contributed by atoms with van der Waals surface area (Å²) in [6.45, 7) is 2.08. The first kappa shape index (κ1) is 14.5. The van der Waals surface area contributed by atoms with Crippen molar-refractivity contribution in [3.8, 4) is 0 Å². The fraction of sp³-hybridized carbons (Fsp3) is 0.308. The first-order valence-electron chi connectivity index (χ1n) is 6.14. The Hall–Kier alpha value is -1.92. The quantitative estimate of drug-likeness (QED) is 0.871. The van der Waals surface area contributed by atoms with Crippen LogP contribution in [0, 0.1) is 0 Å². The van der Waals surface area contributed by atoms with Crippen molar-refractivity contribution in [1.29, 1.82) is 0 Å². The van der Waals surface area contributed by atoms with Crippen LogP contribution in [0.1, 0.15) is 24.3 Å². The van der Waals surface area contributed by atoms with Gasteiger partial charge in [-0.05, 0) is 24.6 Å². The molecule has 1 atom stereocenters. The lowest BCUT2D eigenvalue weighted by molar-refractivity contribution is -0.122. The van der Waals surface area contributed by atoms with Gasteiger partial charge in [-0.1, -0.05) is 28.9 Å². The van der Waals surface area contributed by atoms with Crippen molar-refractivity contribution in [3.63, 3.8) is 0 Å². The molecule has 1 unspecified atom stereocenters. The summed E-state index contributed by atoms with van der Waals surface area (Å²) in [5.41, 5.74) is 1.40. The number of aliphatic hydroxyl groups excluding tert-OH is 1. The van der Waals surface area contributed by atoms with Crippen LogP contribution in [0.4, 0.5) is 0 Å². The van der Waals surface area contributed by atoms with Crippen LogP contribution in [0.15, 0.2) is 30.5 Å². The largest absolute Gasteiger partial charge is 0.387 e. The Kier molecular flexibility index (Phi) is 4.70. The molecule has 1 aromatic heterocycles. The Bertz CT molecular complexity index is 580. The van der Waals surface area contributed by atoms with Gasteiger partial charge in [-0.3, -0.25) is 4.79 Å². The number of hydrogen-bond donors (Lipinski definition) is 2. The van der Waals surface area contributed by atoms with E-state index in [0.717, 1.165) is 5.56 Å². The zero-order valence-corrected chi connectivity index (χ0v) is 11.7. The van der Waals surface area contributed by atoms with Gasteiger partial charge in [0, 0.05) is 11.6 Å². The van der Waals surface area contributed by atoms with E-state index in [1.54, 1.807) is 25.3 Å². The number of carbonyl (C=O) groups is 1. The Labute approximate surface area is 121 Å². The molecule has 0 radical (unpaired) electrons. The van der Waals surface area contributed by atoms with Crippen LogP contribution in [0.2, 0.25) is 5.02 Å². The zero-order chi connectivity index (χ0) is 14.5. The van der Waals surface area contributed by atoms with Gasteiger partial charge in [-0.15, -0.1) is 5.10 Å². The number of halogens is 1. The Balaban J connectivity index is 1.84. The van der Waals surface area contributed by atoms with Crippen LogP contribution >= 0.6 is 11.6 Å². The monoisotopic (exact) mass is 294 g/mol. The minimum absolute atomic E-state index is 0.0628. The molecule has 0 bridgehead atoms. The zero-order valence-electron chi connectivity index (χ0n) is 11.0. The summed E-state index contributed by atoms with van der Waals surface area (Å²) in [5, 5.41) is 20.3. The van der Waals surface area contributed by atoms with Gasteiger partial charge in [0.2, 0.25) is 5.91 Å². The highest BCUT2D eigenvalue weighted by molar-refractivity contribution is 6.30. The van der Waals surface area contributed by atoms with Crippen molar-refractivity contribution >= 4 is 17.5 Å². The lowest BCUT2D eigenvalue weighted by atomic mass is 10.2. The first-order valence-corrected chi connectivity index (χ1v) is 6.51. The molecule has 0 spiro atoms. The fourth-order valence-corrected chi connectivity index (χ4v) is 1.71. The molecular weight excluding hydrogens is 280 g/mol. The van der Waals surface area contributed by atoms with E-state index in [2.05, 4.69) is 15.6 Å². The topological polar surface area (TPSA) is 80.0 Å². The van der Waals surface area contributed by atoms with Crippen molar-refractivity contribution in [2.45, 2.75) is 26.1 Å². The van der Waals surface area contributed by atoms with Gasteiger partial charge in [0.25, 0.3) is 0 Å². The van der Waals surface area contributed by atoms with Crippen LogP contribution in [0.25, 0.3) is 0 Å². The molecule has 1 aromatic carbocycles. The van der Waals surface area contributed by atoms with E-state index in [-0.39, 0.29) is 12.5 Å². The molecule has 0 fully saturated rings. The Morgan fingerprint density at radius 1 is 1.45 bits per heavy atom. The van der Waals surface area contributed by atoms with E-state index in [9.17, 15) is 9.90 Å². The fourth-order valence-electron chi connectivity index (χ4n) is 1.59. The number of hydrogen-bond acceptors (Lipinski definition) is 4. The third-order valence-electron chi connectivity index (χ3n) is 2.69. The SMILES string of the molecule is CC(O)c1cn(CC(=O)NCc2ccc(Cl)cc2)nn1. The van der Waals surface area contributed by atoms with E-state index in [1.165, 1.54) is 4.68 Å². The van der Waals surface area contributed by atoms with Crippen LogP contribution in [0.3, 0.4) is 0 Å². The molecule has 6 nitrogen and oxygen atoms in total. The molecule has 0 saturated heterocycles. The summed E-state index contributed by atoms with van der Waals surface area (Å²) in [5.74, 6) is -0.179. The maximum atomic E-state index is 11.7. The molecule has 1 heterocycles. The molecule has 2 N–H and O–H groups in total. The summed E-state index contributed by atoms with van der Waals surface area (Å²) >= 11 is 5.78. The molecule has 2 rings (SSSR count). The number of rotatable bonds is 5. The number of amides is 1. The maximum absolute atomic E-state index is 11.7. The average molecular weight is 295 g/mol. The highest BCUT2D eigenvalue weighted by Crippen LogP contribution is 2.09. The second-order valence-electron chi connectivity index (χ2n) is 4.42. The number of benzene rings is 1. The summed E-state index contributed by atoms with van der Waals surface area (Å²) in [7, 11) is 0. The normalized spacial score (nSPS) is 12.2. The van der Waals surface area contributed by atoms with Gasteiger partial charge >= 0.3 is 0 Å². The maximum Gasteiger partial charge on any atom is 0.242 e. The number of nitrogens with zero attached hydrogens (tertiary/aromatic N) is 3. The summed E-state index contributed by atoms with van der Waals surface area (Å²) in [6.07, 6.45) is 0.855. The Morgan fingerprint density at radius 3 is 2.75 bits per heavy atom. The number of aliphatic hydroxyl groups is 1. The molecular formula is C13H15ClN4O2. The third-order valence-corrected chi connectivity index (χ3v) is 2.94. The van der Waals surface area contributed by atoms with Crippen molar-refractivity contribution in [3.05, 3.63) is 46.7 Å². The highest BCUT2D eigenvalue weighted by atomic mass is 35.5. The van der Waals surface area contributed by atoms with E-state index in [1.807, 2.05) is 12.1 Å². The lowest BCUT2D eigenvalue weighted by Crippen LogP contribution is -2.27. The number of carbonyl (C=O) groups excluding carboxylic acids is 1. The van der Waals surface area contributed by atoms with Gasteiger partial charge in [0.1, 0.15) is 12.2 Å². The Morgan fingerprint density at radius 2 is 2.15 bits per heavy atom. The smallest absolute Gasteiger partial charge is 0.242 e. The number of aromatic nitrogens is 3. The second-order valence-corrected chi connectivity index (χ2v) is 4.86. The average Bonchev–Trinajstić information content (AvgIpc) is 2.87. The minimum Gasteiger partial charge on any atom is -0.387 e. The van der Waals surface area contributed by atoms with E-state index < -0.39 is 6.10 Å². The lowest BCUT2D eigenvalue weighted by Gasteiger charge is -2.05. The minimum atomic E-state index is -0.694. The van der Waals surface area contributed by atoms with Gasteiger partial charge in [-0.2, -0.15) is 0 Å².